The SMILES string of the molecule is CC(=O)c1cc(C(=O)NN(Cc2ccc(-c3cc(Cl)ccc3F)cc2)CC(O)C(=O)OCCCCN2CCOCC2)[nH]n1. The van der Waals surface area contributed by atoms with Crippen LogP contribution in [0.1, 0.15) is 46.3 Å². The third kappa shape index (κ3) is 9.66. The highest BCUT2D eigenvalue weighted by molar-refractivity contribution is 6.30. The zero-order valence-corrected chi connectivity index (χ0v) is 24.6. The summed E-state index contributed by atoms with van der Waals surface area (Å²) in [5, 5.41) is 18.7. The summed E-state index contributed by atoms with van der Waals surface area (Å²) in [5.74, 6) is -2.16. The first kappa shape index (κ1) is 32.2. The molecule has 1 amide bonds. The lowest BCUT2D eigenvalue weighted by Crippen LogP contribution is -2.47. The molecule has 4 rings (SSSR count). The van der Waals surface area contributed by atoms with Gasteiger partial charge in [-0.1, -0.05) is 35.9 Å². The number of ketones is 1. The summed E-state index contributed by atoms with van der Waals surface area (Å²) in [4.78, 5) is 39.4. The molecule has 3 N–H and O–H groups in total. The number of amides is 1. The van der Waals surface area contributed by atoms with Gasteiger partial charge >= 0.3 is 5.97 Å². The minimum atomic E-state index is -1.55. The van der Waals surface area contributed by atoms with E-state index in [2.05, 4.69) is 20.5 Å². The molecule has 2 aromatic carbocycles. The van der Waals surface area contributed by atoms with E-state index in [0.29, 0.717) is 28.1 Å². The van der Waals surface area contributed by atoms with Crippen LogP contribution < -0.4 is 5.43 Å². The van der Waals surface area contributed by atoms with Crippen molar-refractivity contribution in [2.75, 3.05) is 46.0 Å². The molecular weight excluding hydrogens is 581 g/mol. The maximum absolute atomic E-state index is 14.3. The van der Waals surface area contributed by atoms with Gasteiger partial charge in [-0.15, -0.1) is 0 Å². The van der Waals surface area contributed by atoms with Crippen molar-refractivity contribution in [3.05, 3.63) is 76.3 Å². The molecule has 3 aromatic rings. The molecule has 0 aliphatic carbocycles. The zero-order valence-electron chi connectivity index (χ0n) is 23.9. The number of H-pyrrole nitrogens is 1. The van der Waals surface area contributed by atoms with Gasteiger partial charge in [-0.3, -0.25) is 25.0 Å². The van der Waals surface area contributed by atoms with E-state index in [-0.39, 0.29) is 36.9 Å². The first-order valence-electron chi connectivity index (χ1n) is 14.0. The Morgan fingerprint density at radius 2 is 1.91 bits per heavy atom. The Balaban J connectivity index is 1.37. The molecule has 230 valence electrons. The molecule has 2 heterocycles. The van der Waals surface area contributed by atoms with Gasteiger partial charge in [0.2, 0.25) is 0 Å². The standard InChI is InChI=1S/C30H35ClFN5O6/c1-20(38)26-17-27(34-33-26)29(40)35-37(18-21-4-6-22(7-5-21)24-16-23(31)8-9-25(24)32)19-28(39)30(41)43-13-3-2-10-36-11-14-42-15-12-36/h4-9,16-17,28,39H,2-3,10-15,18-19H2,1H3,(H,33,34)(H,35,40). The Morgan fingerprint density at radius 3 is 2.60 bits per heavy atom. The van der Waals surface area contributed by atoms with E-state index in [1.54, 1.807) is 24.3 Å². The maximum atomic E-state index is 14.3. The predicted molar refractivity (Wildman–Crippen MR) is 157 cm³/mol. The monoisotopic (exact) mass is 615 g/mol. The highest BCUT2D eigenvalue weighted by atomic mass is 35.5. The summed E-state index contributed by atoms with van der Waals surface area (Å²) in [6, 6.07) is 12.5. The molecule has 0 saturated carbocycles. The largest absolute Gasteiger partial charge is 0.464 e. The molecular formula is C30H35ClFN5O6. The number of morpholine rings is 1. The van der Waals surface area contributed by atoms with E-state index in [1.807, 2.05) is 0 Å². The van der Waals surface area contributed by atoms with Gasteiger partial charge in [-0.25, -0.2) is 14.2 Å². The van der Waals surface area contributed by atoms with E-state index in [0.717, 1.165) is 39.3 Å². The van der Waals surface area contributed by atoms with Crippen molar-refractivity contribution in [1.29, 1.82) is 0 Å². The van der Waals surface area contributed by atoms with E-state index in [4.69, 9.17) is 21.1 Å². The van der Waals surface area contributed by atoms with Crippen LogP contribution in [0.15, 0.2) is 48.5 Å². The summed E-state index contributed by atoms with van der Waals surface area (Å²) in [6.45, 7) is 5.38. The van der Waals surface area contributed by atoms with Gasteiger partial charge in [0.1, 0.15) is 17.2 Å². The fraction of sp³-hybridized carbons (Fsp3) is 0.400. The molecule has 1 fully saturated rings. The van der Waals surface area contributed by atoms with Gasteiger partial charge in [0.15, 0.2) is 11.9 Å². The van der Waals surface area contributed by atoms with E-state index < -0.39 is 23.8 Å². The second-order valence-electron chi connectivity index (χ2n) is 10.2. The third-order valence-electron chi connectivity index (χ3n) is 6.89. The number of aliphatic hydroxyl groups excluding tert-OH is 1. The third-order valence-corrected chi connectivity index (χ3v) is 7.13. The lowest BCUT2D eigenvalue weighted by atomic mass is 10.0. The van der Waals surface area contributed by atoms with Crippen LogP contribution in [0.3, 0.4) is 0 Å². The number of aromatic nitrogens is 2. The Hall–Kier alpha value is -3.68. The summed E-state index contributed by atoms with van der Waals surface area (Å²) >= 11 is 6.03. The summed E-state index contributed by atoms with van der Waals surface area (Å²) < 4.78 is 25.0. The Bertz CT molecular complexity index is 1400. The number of hydrogen-bond acceptors (Lipinski definition) is 9. The average molecular weight is 616 g/mol. The Labute approximate surface area is 253 Å². The van der Waals surface area contributed by atoms with Crippen LogP contribution in [0.4, 0.5) is 4.39 Å². The molecule has 1 aliphatic rings. The minimum Gasteiger partial charge on any atom is -0.464 e. The Morgan fingerprint density at radius 1 is 1.16 bits per heavy atom. The fourth-order valence-electron chi connectivity index (χ4n) is 4.52. The molecule has 11 nitrogen and oxygen atoms in total. The van der Waals surface area contributed by atoms with Crippen LogP contribution in [0.2, 0.25) is 5.02 Å². The molecule has 1 atom stereocenters. The number of carbonyl (C=O) groups is 3. The van der Waals surface area contributed by atoms with Crippen molar-refractivity contribution in [2.45, 2.75) is 32.4 Å². The van der Waals surface area contributed by atoms with Gasteiger partial charge in [-0.2, -0.15) is 5.10 Å². The number of nitrogens with zero attached hydrogens (tertiary/aromatic N) is 3. The molecule has 1 saturated heterocycles. The Kier molecular flexibility index (Phi) is 11.8. The summed E-state index contributed by atoms with van der Waals surface area (Å²) in [5.41, 5.74) is 4.41. The van der Waals surface area contributed by atoms with Crippen LogP contribution in [0.5, 0.6) is 0 Å². The van der Waals surface area contributed by atoms with Crippen LogP contribution >= 0.6 is 11.6 Å². The highest BCUT2D eigenvalue weighted by Crippen LogP contribution is 2.26. The number of aliphatic hydroxyl groups is 1. The number of benzene rings is 2. The maximum Gasteiger partial charge on any atom is 0.336 e. The number of unbranched alkanes of at least 4 members (excludes halogenated alkanes) is 1. The average Bonchev–Trinajstić information content (AvgIpc) is 3.50. The first-order valence-corrected chi connectivity index (χ1v) is 14.4. The van der Waals surface area contributed by atoms with E-state index in [9.17, 15) is 23.9 Å². The molecule has 1 aliphatic heterocycles. The van der Waals surface area contributed by atoms with Crippen LogP contribution in [-0.2, 0) is 20.8 Å². The van der Waals surface area contributed by atoms with Crippen molar-refractivity contribution in [3.8, 4) is 11.1 Å². The lowest BCUT2D eigenvalue weighted by Gasteiger charge is -2.26. The second-order valence-corrected chi connectivity index (χ2v) is 10.6. The number of esters is 1. The van der Waals surface area contributed by atoms with Crippen molar-refractivity contribution < 1.29 is 33.4 Å². The molecule has 0 bridgehead atoms. The van der Waals surface area contributed by atoms with Gasteiger partial charge in [0, 0.05) is 37.1 Å². The summed E-state index contributed by atoms with van der Waals surface area (Å²) in [7, 11) is 0. The number of nitrogens with one attached hydrogen (secondary N) is 2. The molecule has 0 spiro atoms. The van der Waals surface area contributed by atoms with Gasteiger partial charge in [-0.05, 0) is 54.8 Å². The lowest BCUT2D eigenvalue weighted by molar-refractivity contribution is -0.155. The van der Waals surface area contributed by atoms with E-state index in [1.165, 1.54) is 36.2 Å². The van der Waals surface area contributed by atoms with Crippen molar-refractivity contribution in [2.24, 2.45) is 0 Å². The topological polar surface area (TPSA) is 137 Å². The number of ether oxygens (including phenoxy) is 2. The predicted octanol–water partition coefficient (Wildman–Crippen LogP) is 3.24. The van der Waals surface area contributed by atoms with Crippen molar-refractivity contribution in [1.82, 2.24) is 25.5 Å². The van der Waals surface area contributed by atoms with Crippen molar-refractivity contribution >= 4 is 29.3 Å². The molecule has 43 heavy (non-hydrogen) atoms. The van der Waals surface area contributed by atoms with Crippen LogP contribution in [-0.4, -0.2) is 95.0 Å². The number of halogens is 2. The van der Waals surface area contributed by atoms with Gasteiger partial charge in [0.25, 0.3) is 5.91 Å². The fourth-order valence-corrected chi connectivity index (χ4v) is 4.69. The smallest absolute Gasteiger partial charge is 0.336 e. The number of hydrazine groups is 1. The number of carbonyl (C=O) groups excluding carboxylic acids is 3. The van der Waals surface area contributed by atoms with Crippen LogP contribution in [0, 0.1) is 5.82 Å². The minimum absolute atomic E-state index is 0.0271. The summed E-state index contributed by atoms with van der Waals surface area (Å²) in [6.07, 6.45) is -0.0600. The number of hydrogen-bond donors (Lipinski definition) is 3. The molecule has 1 aromatic heterocycles. The molecule has 1 unspecified atom stereocenters. The quantitative estimate of drug-likeness (QED) is 0.108. The number of Topliss-reactive ketones (excluding diaryl/α,β-unsaturated/α-hetero) is 1. The van der Waals surface area contributed by atoms with Crippen molar-refractivity contribution in [3.63, 3.8) is 0 Å². The second kappa shape index (κ2) is 15.7. The van der Waals surface area contributed by atoms with E-state index >= 15 is 0 Å². The normalized spacial score (nSPS) is 14.4. The molecule has 0 radical (unpaired) electrons. The zero-order chi connectivity index (χ0) is 30.8. The van der Waals surface area contributed by atoms with Gasteiger partial charge in [0.05, 0.1) is 26.4 Å². The number of aromatic amines is 1. The van der Waals surface area contributed by atoms with Crippen LogP contribution in [0.25, 0.3) is 11.1 Å². The molecule has 13 heteroatoms. The first-order chi connectivity index (χ1) is 20.7. The van der Waals surface area contributed by atoms with Gasteiger partial charge < -0.3 is 14.6 Å². The number of rotatable bonds is 14. The highest BCUT2D eigenvalue weighted by Gasteiger charge is 2.23.